The Labute approximate surface area is 98.8 Å². The maximum absolute atomic E-state index is 11.8. The molecule has 3 rings (SSSR count). The molecule has 2 heterocycles. The van der Waals surface area contributed by atoms with Gasteiger partial charge < -0.3 is 10.6 Å². The van der Waals surface area contributed by atoms with Gasteiger partial charge in [-0.25, -0.2) is 4.98 Å². The van der Waals surface area contributed by atoms with E-state index in [1.165, 1.54) is 6.20 Å². The molecule has 2 fully saturated rings. The first-order valence-corrected chi connectivity index (χ1v) is 5.67. The lowest BCUT2D eigenvalue weighted by Gasteiger charge is -2.06. The molecule has 2 aliphatic rings. The monoisotopic (exact) mass is 228 g/mol. The molecule has 2 N–H and O–H groups in total. The van der Waals surface area contributed by atoms with Crippen LogP contribution in [0.4, 0.5) is 0 Å². The highest BCUT2D eigenvalue weighted by molar-refractivity contribution is 5.92. The predicted molar refractivity (Wildman–Crippen MR) is 60.1 cm³/mol. The van der Waals surface area contributed by atoms with Gasteiger partial charge in [0.25, 0.3) is 5.91 Å². The van der Waals surface area contributed by atoms with Crippen molar-refractivity contribution in [1.29, 1.82) is 5.26 Å². The molecule has 2 atom stereocenters. The summed E-state index contributed by atoms with van der Waals surface area (Å²) in [6, 6.07) is 5.48. The van der Waals surface area contributed by atoms with Gasteiger partial charge in [-0.1, -0.05) is 0 Å². The molecular formula is C12H12N4O. The zero-order chi connectivity index (χ0) is 11.8. The lowest BCUT2D eigenvalue weighted by Crippen LogP contribution is -2.32. The van der Waals surface area contributed by atoms with Crippen molar-refractivity contribution in [1.82, 2.24) is 15.6 Å². The molecule has 1 amide bonds. The Balaban J connectivity index is 1.64. The lowest BCUT2D eigenvalue weighted by molar-refractivity contribution is 0.0941. The summed E-state index contributed by atoms with van der Waals surface area (Å²) in [5.41, 5.74) is 0.843. The third kappa shape index (κ3) is 1.77. The van der Waals surface area contributed by atoms with Crippen LogP contribution in [0.25, 0.3) is 0 Å². The lowest BCUT2D eigenvalue weighted by atomic mass is 10.2. The maximum atomic E-state index is 11.8. The highest BCUT2D eigenvalue weighted by atomic mass is 16.2. The van der Waals surface area contributed by atoms with Crippen LogP contribution >= 0.6 is 0 Å². The van der Waals surface area contributed by atoms with E-state index in [0.717, 1.165) is 13.1 Å². The van der Waals surface area contributed by atoms with Crippen molar-refractivity contribution in [3.63, 3.8) is 0 Å². The van der Waals surface area contributed by atoms with Crippen LogP contribution < -0.4 is 10.6 Å². The molecule has 1 aromatic rings. The molecule has 1 aliphatic heterocycles. The zero-order valence-corrected chi connectivity index (χ0v) is 9.18. The van der Waals surface area contributed by atoms with E-state index in [1.54, 1.807) is 12.1 Å². The number of nitrogens with one attached hydrogen (secondary N) is 2. The van der Waals surface area contributed by atoms with Gasteiger partial charge in [-0.2, -0.15) is 5.26 Å². The van der Waals surface area contributed by atoms with E-state index in [4.69, 9.17) is 5.26 Å². The van der Waals surface area contributed by atoms with Crippen molar-refractivity contribution >= 4 is 5.91 Å². The van der Waals surface area contributed by atoms with Crippen molar-refractivity contribution in [3.8, 4) is 6.07 Å². The standard InChI is InChI=1S/C12H12N4O/c13-3-7-1-2-10(15-4-7)12(17)16-11-8-5-14-6-9(8)11/h1-2,4,8-9,11,14H,5-6H2,(H,16,17). The summed E-state index contributed by atoms with van der Waals surface area (Å²) in [4.78, 5) is 15.8. The van der Waals surface area contributed by atoms with Gasteiger partial charge in [0.05, 0.1) is 5.56 Å². The van der Waals surface area contributed by atoms with E-state index in [2.05, 4.69) is 15.6 Å². The van der Waals surface area contributed by atoms with Crippen LogP contribution in [0.3, 0.4) is 0 Å². The summed E-state index contributed by atoms with van der Waals surface area (Å²) in [5, 5.41) is 14.9. The summed E-state index contributed by atoms with van der Waals surface area (Å²) in [6.07, 6.45) is 1.42. The minimum atomic E-state index is -0.145. The van der Waals surface area contributed by atoms with E-state index < -0.39 is 0 Å². The van der Waals surface area contributed by atoms with E-state index in [-0.39, 0.29) is 5.91 Å². The zero-order valence-electron chi connectivity index (χ0n) is 9.18. The molecule has 0 spiro atoms. The number of fused-ring (bicyclic) bond motifs is 1. The number of amides is 1. The Kier molecular flexibility index (Phi) is 2.30. The number of rotatable bonds is 2. The molecule has 5 nitrogen and oxygen atoms in total. The van der Waals surface area contributed by atoms with Crippen LogP contribution in [-0.2, 0) is 0 Å². The predicted octanol–water partition coefficient (Wildman–Crippen LogP) is -0.0991. The number of pyridine rings is 1. The molecule has 1 aliphatic carbocycles. The van der Waals surface area contributed by atoms with Crippen LogP contribution in [0.5, 0.6) is 0 Å². The number of carbonyl (C=O) groups is 1. The van der Waals surface area contributed by atoms with E-state index in [0.29, 0.717) is 29.1 Å². The molecule has 1 aromatic heterocycles. The van der Waals surface area contributed by atoms with Crippen LogP contribution in [0.15, 0.2) is 18.3 Å². The topological polar surface area (TPSA) is 77.8 Å². The first kappa shape index (κ1) is 10.2. The minimum Gasteiger partial charge on any atom is -0.347 e. The molecule has 0 radical (unpaired) electrons. The van der Waals surface area contributed by atoms with Crippen molar-refractivity contribution in [2.45, 2.75) is 6.04 Å². The van der Waals surface area contributed by atoms with Gasteiger partial charge in [-0.3, -0.25) is 4.79 Å². The molecule has 0 aromatic carbocycles. The second kappa shape index (κ2) is 3.82. The van der Waals surface area contributed by atoms with Crippen LogP contribution in [0.2, 0.25) is 0 Å². The highest BCUT2D eigenvalue weighted by Crippen LogP contribution is 2.41. The Hall–Kier alpha value is -1.93. The molecule has 0 bridgehead atoms. The Morgan fingerprint density at radius 1 is 1.47 bits per heavy atom. The molecular weight excluding hydrogens is 216 g/mol. The van der Waals surface area contributed by atoms with Crippen LogP contribution in [0.1, 0.15) is 16.1 Å². The van der Waals surface area contributed by atoms with Gasteiger partial charge in [0.1, 0.15) is 11.8 Å². The first-order valence-electron chi connectivity index (χ1n) is 5.67. The molecule has 1 saturated heterocycles. The van der Waals surface area contributed by atoms with Crippen molar-refractivity contribution in [2.75, 3.05) is 13.1 Å². The maximum Gasteiger partial charge on any atom is 0.270 e. The van der Waals surface area contributed by atoms with E-state index in [9.17, 15) is 4.79 Å². The number of nitriles is 1. The fourth-order valence-corrected chi connectivity index (χ4v) is 2.45. The van der Waals surface area contributed by atoms with Gasteiger partial charge in [0.15, 0.2) is 0 Å². The fraction of sp³-hybridized carbons (Fsp3) is 0.417. The Morgan fingerprint density at radius 3 is 2.82 bits per heavy atom. The summed E-state index contributed by atoms with van der Waals surface area (Å²) in [5.74, 6) is 1.04. The third-order valence-corrected chi connectivity index (χ3v) is 3.51. The van der Waals surface area contributed by atoms with Crippen LogP contribution in [0, 0.1) is 23.2 Å². The number of carbonyl (C=O) groups excluding carboxylic acids is 1. The van der Waals surface area contributed by atoms with E-state index >= 15 is 0 Å². The molecule has 2 unspecified atom stereocenters. The van der Waals surface area contributed by atoms with Gasteiger partial charge in [-0.15, -0.1) is 0 Å². The fourth-order valence-electron chi connectivity index (χ4n) is 2.45. The van der Waals surface area contributed by atoms with Crippen LogP contribution in [-0.4, -0.2) is 30.0 Å². The second-order valence-corrected chi connectivity index (χ2v) is 4.53. The van der Waals surface area contributed by atoms with Gasteiger partial charge >= 0.3 is 0 Å². The second-order valence-electron chi connectivity index (χ2n) is 4.53. The molecule has 1 saturated carbocycles. The number of aromatic nitrogens is 1. The average Bonchev–Trinajstić information content (AvgIpc) is 2.80. The van der Waals surface area contributed by atoms with Crippen molar-refractivity contribution in [3.05, 3.63) is 29.6 Å². The average molecular weight is 228 g/mol. The Morgan fingerprint density at radius 2 is 2.24 bits per heavy atom. The normalized spacial score (nSPS) is 29.2. The smallest absolute Gasteiger partial charge is 0.270 e. The quantitative estimate of drug-likeness (QED) is 0.741. The minimum absolute atomic E-state index is 0.145. The molecule has 86 valence electrons. The number of nitrogens with zero attached hydrogens (tertiary/aromatic N) is 2. The summed E-state index contributed by atoms with van der Waals surface area (Å²) >= 11 is 0. The van der Waals surface area contributed by atoms with Gasteiger partial charge in [-0.05, 0) is 24.0 Å². The summed E-state index contributed by atoms with van der Waals surface area (Å²) in [7, 11) is 0. The van der Waals surface area contributed by atoms with E-state index in [1.807, 2.05) is 6.07 Å². The number of hydrogen-bond acceptors (Lipinski definition) is 4. The third-order valence-electron chi connectivity index (χ3n) is 3.51. The molecule has 17 heavy (non-hydrogen) atoms. The molecule has 5 heteroatoms. The van der Waals surface area contributed by atoms with Gasteiger partial charge in [0.2, 0.25) is 0 Å². The Bertz CT molecular complexity index is 480. The van der Waals surface area contributed by atoms with Gasteiger partial charge in [0, 0.05) is 25.3 Å². The van der Waals surface area contributed by atoms with Crippen molar-refractivity contribution in [2.24, 2.45) is 11.8 Å². The van der Waals surface area contributed by atoms with Crippen molar-refractivity contribution < 1.29 is 4.79 Å². The number of piperidine rings is 1. The first-order chi connectivity index (χ1) is 8.29. The summed E-state index contributed by atoms with van der Waals surface area (Å²) < 4.78 is 0. The SMILES string of the molecule is N#Cc1ccc(C(=O)NC2C3CNCC32)nc1. The number of hydrogen-bond donors (Lipinski definition) is 2. The highest BCUT2D eigenvalue weighted by Gasteiger charge is 2.53. The largest absolute Gasteiger partial charge is 0.347 e. The summed E-state index contributed by atoms with van der Waals surface area (Å²) in [6.45, 7) is 1.99.